The van der Waals surface area contributed by atoms with Crippen molar-refractivity contribution in [2.75, 3.05) is 20.1 Å². The summed E-state index contributed by atoms with van der Waals surface area (Å²) in [5, 5.41) is 0. The predicted molar refractivity (Wildman–Crippen MR) is 73.2 cm³/mol. The summed E-state index contributed by atoms with van der Waals surface area (Å²) < 4.78 is 6.07. The van der Waals surface area contributed by atoms with Gasteiger partial charge in [-0.2, -0.15) is 0 Å². The zero-order valence-electron chi connectivity index (χ0n) is 12.3. The first kappa shape index (κ1) is 14.9. The molecule has 0 aliphatic carbocycles. The lowest BCUT2D eigenvalue weighted by Gasteiger charge is -2.41. The molecule has 0 aromatic carbocycles. The van der Waals surface area contributed by atoms with Crippen LogP contribution in [0.1, 0.15) is 53.4 Å². The van der Waals surface area contributed by atoms with Gasteiger partial charge >= 0.3 is 0 Å². The Bertz CT molecular complexity index is 228. The van der Waals surface area contributed by atoms with Gasteiger partial charge in [0, 0.05) is 18.6 Å². The van der Waals surface area contributed by atoms with Crippen molar-refractivity contribution in [3.63, 3.8) is 0 Å². The van der Waals surface area contributed by atoms with Crippen LogP contribution in [0.25, 0.3) is 0 Å². The monoisotopic (exact) mass is 242 g/mol. The quantitative estimate of drug-likeness (QED) is 0.777. The van der Waals surface area contributed by atoms with E-state index >= 15 is 0 Å². The molecule has 0 amide bonds. The van der Waals surface area contributed by atoms with Gasteiger partial charge in [-0.05, 0) is 46.6 Å². The molecule has 0 bridgehead atoms. The Balaban J connectivity index is 2.56. The Labute approximate surface area is 107 Å². The molecule has 17 heavy (non-hydrogen) atoms. The van der Waals surface area contributed by atoms with Crippen molar-refractivity contribution in [3.8, 4) is 0 Å². The molecule has 1 aliphatic rings. The van der Waals surface area contributed by atoms with Gasteiger partial charge in [0.15, 0.2) is 0 Å². The van der Waals surface area contributed by atoms with Crippen LogP contribution in [0, 0.1) is 0 Å². The lowest BCUT2D eigenvalue weighted by Crippen LogP contribution is -2.53. The van der Waals surface area contributed by atoms with Crippen LogP contribution >= 0.6 is 0 Å². The Morgan fingerprint density at radius 1 is 1.35 bits per heavy atom. The minimum atomic E-state index is 0.0648. The molecule has 1 saturated heterocycles. The zero-order chi connectivity index (χ0) is 13.1. The number of hydrogen-bond donors (Lipinski definition) is 1. The second kappa shape index (κ2) is 5.68. The molecule has 0 radical (unpaired) electrons. The molecule has 1 heterocycles. The maximum Gasteiger partial charge on any atom is 0.0710 e. The van der Waals surface area contributed by atoms with Gasteiger partial charge in [-0.1, -0.05) is 13.8 Å². The highest BCUT2D eigenvalue weighted by atomic mass is 16.5. The van der Waals surface area contributed by atoms with E-state index in [1.54, 1.807) is 0 Å². The van der Waals surface area contributed by atoms with Crippen molar-refractivity contribution >= 4 is 0 Å². The van der Waals surface area contributed by atoms with Crippen LogP contribution in [0.3, 0.4) is 0 Å². The van der Waals surface area contributed by atoms with Crippen molar-refractivity contribution in [2.24, 2.45) is 5.73 Å². The summed E-state index contributed by atoms with van der Waals surface area (Å²) in [6, 6.07) is 0. The van der Waals surface area contributed by atoms with Crippen LogP contribution in [0.15, 0.2) is 0 Å². The van der Waals surface area contributed by atoms with Crippen LogP contribution < -0.4 is 5.73 Å². The van der Waals surface area contributed by atoms with Crippen molar-refractivity contribution in [1.29, 1.82) is 0 Å². The van der Waals surface area contributed by atoms with Gasteiger partial charge in [0.2, 0.25) is 0 Å². The summed E-state index contributed by atoms with van der Waals surface area (Å²) in [5.74, 6) is 0. The van der Waals surface area contributed by atoms with Crippen molar-refractivity contribution in [1.82, 2.24) is 4.90 Å². The lowest BCUT2D eigenvalue weighted by atomic mass is 9.90. The molecule has 0 aromatic rings. The van der Waals surface area contributed by atoms with E-state index in [4.69, 9.17) is 10.5 Å². The van der Waals surface area contributed by atoms with Gasteiger partial charge in [0.25, 0.3) is 0 Å². The van der Waals surface area contributed by atoms with E-state index < -0.39 is 0 Å². The van der Waals surface area contributed by atoms with Crippen LogP contribution in [-0.2, 0) is 4.74 Å². The first-order valence-electron chi connectivity index (χ1n) is 6.98. The second-order valence-electron chi connectivity index (χ2n) is 6.05. The first-order valence-corrected chi connectivity index (χ1v) is 6.98. The Kier molecular flexibility index (Phi) is 4.99. The van der Waals surface area contributed by atoms with Gasteiger partial charge in [-0.15, -0.1) is 0 Å². The molecule has 3 nitrogen and oxygen atoms in total. The predicted octanol–water partition coefficient (Wildman–Crippen LogP) is 2.39. The highest BCUT2D eigenvalue weighted by Gasteiger charge is 2.36. The molecular weight excluding hydrogens is 212 g/mol. The third-order valence-electron chi connectivity index (χ3n) is 4.54. The third-order valence-corrected chi connectivity index (χ3v) is 4.54. The van der Waals surface area contributed by atoms with Crippen LogP contribution in [0.5, 0.6) is 0 Å². The Morgan fingerprint density at radius 3 is 2.29 bits per heavy atom. The molecule has 0 spiro atoms. The van der Waals surface area contributed by atoms with Crippen LogP contribution in [-0.4, -0.2) is 42.3 Å². The maximum atomic E-state index is 6.07. The van der Waals surface area contributed by atoms with Gasteiger partial charge in [0.05, 0.1) is 11.7 Å². The number of likely N-dealkylation sites (N-methyl/N-ethyl adjacent to an activating group) is 1. The highest BCUT2D eigenvalue weighted by Crippen LogP contribution is 2.31. The smallest absolute Gasteiger partial charge is 0.0710 e. The topological polar surface area (TPSA) is 38.5 Å². The van der Waals surface area contributed by atoms with E-state index in [0.29, 0.717) is 6.10 Å². The molecule has 1 unspecified atom stereocenters. The van der Waals surface area contributed by atoms with Crippen molar-refractivity contribution < 1.29 is 4.74 Å². The number of nitrogens with two attached hydrogens (primary N) is 1. The molecule has 0 aromatic heterocycles. The molecule has 102 valence electrons. The first-order chi connectivity index (χ1) is 7.89. The third kappa shape index (κ3) is 3.43. The largest absolute Gasteiger partial charge is 0.371 e. The highest BCUT2D eigenvalue weighted by molar-refractivity contribution is 4.91. The number of nitrogens with zero attached hydrogens (tertiary/aromatic N) is 1. The van der Waals surface area contributed by atoms with Gasteiger partial charge in [-0.25, -0.2) is 0 Å². The van der Waals surface area contributed by atoms with E-state index in [-0.39, 0.29) is 11.1 Å². The molecule has 1 rings (SSSR count). The van der Waals surface area contributed by atoms with E-state index in [0.717, 1.165) is 25.9 Å². The molecule has 2 N–H and O–H groups in total. The summed E-state index contributed by atoms with van der Waals surface area (Å²) in [4.78, 5) is 2.42. The second-order valence-corrected chi connectivity index (χ2v) is 6.05. The normalized spacial score (nSPS) is 24.5. The van der Waals surface area contributed by atoms with Gasteiger partial charge < -0.3 is 10.5 Å². The van der Waals surface area contributed by atoms with E-state index in [9.17, 15) is 0 Å². The Hall–Kier alpha value is -0.120. The summed E-state index contributed by atoms with van der Waals surface area (Å²) in [7, 11) is 2.19. The number of hydrogen-bond acceptors (Lipinski definition) is 3. The van der Waals surface area contributed by atoms with Crippen molar-refractivity contribution in [2.45, 2.75) is 70.6 Å². The fraction of sp³-hybridized carbons (Fsp3) is 1.00. The summed E-state index contributed by atoms with van der Waals surface area (Å²) in [5.41, 5.74) is 6.19. The Morgan fingerprint density at radius 2 is 1.94 bits per heavy atom. The molecule has 3 heteroatoms. The van der Waals surface area contributed by atoms with Crippen molar-refractivity contribution in [3.05, 3.63) is 0 Å². The van der Waals surface area contributed by atoms with Crippen LogP contribution in [0.4, 0.5) is 0 Å². The minimum absolute atomic E-state index is 0.0648. The number of rotatable bonds is 6. The standard InChI is InChI=1S/C14H30N2O/c1-6-14(7-2,11-15)16(5)10-12-8-9-13(3,4)17-12/h12H,6-11,15H2,1-5H3. The van der Waals surface area contributed by atoms with E-state index in [2.05, 4.69) is 39.6 Å². The van der Waals surface area contributed by atoms with Crippen LogP contribution in [0.2, 0.25) is 0 Å². The summed E-state index contributed by atoms with van der Waals surface area (Å²) >= 11 is 0. The molecular formula is C14H30N2O. The summed E-state index contributed by atoms with van der Waals surface area (Å²) in [6.07, 6.45) is 4.92. The molecule has 1 aliphatic heterocycles. The SMILES string of the molecule is CCC(CC)(CN)N(C)CC1CCC(C)(C)O1. The lowest BCUT2D eigenvalue weighted by molar-refractivity contribution is -0.0403. The minimum Gasteiger partial charge on any atom is -0.371 e. The average Bonchev–Trinajstić information content (AvgIpc) is 2.61. The zero-order valence-corrected chi connectivity index (χ0v) is 12.3. The van der Waals surface area contributed by atoms with Gasteiger partial charge in [-0.3, -0.25) is 4.90 Å². The van der Waals surface area contributed by atoms with E-state index in [1.165, 1.54) is 12.8 Å². The number of ether oxygens (including phenoxy) is 1. The fourth-order valence-corrected chi connectivity index (χ4v) is 2.94. The average molecular weight is 242 g/mol. The maximum absolute atomic E-state index is 6.07. The van der Waals surface area contributed by atoms with E-state index in [1.807, 2.05) is 0 Å². The summed E-state index contributed by atoms with van der Waals surface area (Å²) in [6.45, 7) is 10.6. The molecule has 0 saturated carbocycles. The fourth-order valence-electron chi connectivity index (χ4n) is 2.94. The molecule has 1 fully saturated rings. The molecule has 1 atom stereocenters. The van der Waals surface area contributed by atoms with Gasteiger partial charge in [0.1, 0.15) is 0 Å².